The van der Waals surface area contributed by atoms with Crippen molar-refractivity contribution in [3.8, 4) is 0 Å². The molecule has 4 rings (SSSR count). The van der Waals surface area contributed by atoms with Gasteiger partial charge in [-0.15, -0.1) is 0 Å². The molecule has 0 saturated carbocycles. The zero-order valence-corrected chi connectivity index (χ0v) is 14.0. The highest BCUT2D eigenvalue weighted by Gasteiger charge is 2.26. The Bertz CT molecular complexity index is 835. The molecule has 6 nitrogen and oxygen atoms in total. The number of aromatic nitrogens is 1. The Morgan fingerprint density at radius 1 is 1.20 bits per heavy atom. The Morgan fingerprint density at radius 3 is 2.84 bits per heavy atom. The van der Waals surface area contributed by atoms with E-state index >= 15 is 0 Å². The van der Waals surface area contributed by atoms with E-state index in [0.29, 0.717) is 17.8 Å². The number of furan rings is 1. The minimum absolute atomic E-state index is 0.0604. The molecule has 0 radical (unpaired) electrons. The monoisotopic (exact) mass is 339 g/mol. The van der Waals surface area contributed by atoms with Crippen LogP contribution < -0.4 is 5.32 Å². The Balaban J connectivity index is 1.41. The predicted molar refractivity (Wildman–Crippen MR) is 93.0 cm³/mol. The summed E-state index contributed by atoms with van der Waals surface area (Å²) < 4.78 is 10.8. The molecule has 1 aliphatic rings. The zero-order valence-electron chi connectivity index (χ0n) is 14.0. The first-order chi connectivity index (χ1) is 12.3. The van der Waals surface area contributed by atoms with Gasteiger partial charge < -0.3 is 14.3 Å². The van der Waals surface area contributed by atoms with E-state index in [0.717, 1.165) is 24.2 Å². The van der Waals surface area contributed by atoms with Crippen LogP contribution in [0.15, 0.2) is 51.6 Å². The number of amides is 1. The van der Waals surface area contributed by atoms with Gasteiger partial charge in [-0.1, -0.05) is 17.3 Å². The van der Waals surface area contributed by atoms with E-state index in [-0.39, 0.29) is 18.4 Å². The maximum absolute atomic E-state index is 12.4. The van der Waals surface area contributed by atoms with E-state index in [1.54, 1.807) is 6.26 Å². The summed E-state index contributed by atoms with van der Waals surface area (Å²) in [5, 5.41) is 7.94. The van der Waals surface area contributed by atoms with E-state index in [2.05, 4.69) is 15.4 Å². The number of benzene rings is 1. The van der Waals surface area contributed by atoms with Crippen LogP contribution in [0.5, 0.6) is 0 Å². The summed E-state index contributed by atoms with van der Waals surface area (Å²) in [5.74, 6) is 0.837. The fourth-order valence-electron chi connectivity index (χ4n) is 3.43. The Hall–Kier alpha value is -2.60. The third-order valence-electron chi connectivity index (χ3n) is 4.73. The Kier molecular flexibility index (Phi) is 4.52. The summed E-state index contributed by atoms with van der Waals surface area (Å²) in [7, 11) is 0. The molecule has 6 heteroatoms. The van der Waals surface area contributed by atoms with Gasteiger partial charge in [-0.3, -0.25) is 9.69 Å². The number of nitrogens with zero attached hydrogens (tertiary/aromatic N) is 2. The first-order valence-electron chi connectivity index (χ1n) is 8.69. The molecule has 3 heterocycles. The van der Waals surface area contributed by atoms with Crippen LogP contribution in [0, 0.1) is 0 Å². The predicted octanol–water partition coefficient (Wildman–Crippen LogP) is 2.92. The van der Waals surface area contributed by atoms with Crippen LogP contribution in [-0.4, -0.2) is 35.6 Å². The summed E-state index contributed by atoms with van der Waals surface area (Å²) in [6.07, 6.45) is 4.27. The molecule has 1 saturated heterocycles. The molecule has 2 aromatic heterocycles. The molecule has 3 aromatic rings. The topological polar surface area (TPSA) is 71.5 Å². The quantitative estimate of drug-likeness (QED) is 0.748. The summed E-state index contributed by atoms with van der Waals surface area (Å²) in [6.45, 7) is 2.60. The van der Waals surface area contributed by atoms with E-state index in [4.69, 9.17) is 8.94 Å². The molecular formula is C19H21N3O3. The van der Waals surface area contributed by atoms with E-state index in [1.165, 1.54) is 12.8 Å². The molecule has 25 heavy (non-hydrogen) atoms. The fraction of sp³-hybridized carbons (Fsp3) is 0.368. The Morgan fingerprint density at radius 2 is 2.04 bits per heavy atom. The number of carbonyl (C=O) groups is 1. The lowest BCUT2D eigenvalue weighted by Gasteiger charge is -2.25. The van der Waals surface area contributed by atoms with Crippen molar-refractivity contribution in [3.63, 3.8) is 0 Å². The van der Waals surface area contributed by atoms with Crippen LogP contribution in [-0.2, 0) is 11.2 Å². The number of fused-ring (bicyclic) bond motifs is 1. The van der Waals surface area contributed by atoms with Crippen LogP contribution in [0.4, 0.5) is 0 Å². The molecule has 1 unspecified atom stereocenters. The number of rotatable bonds is 6. The van der Waals surface area contributed by atoms with E-state index in [1.807, 2.05) is 36.4 Å². The number of carbonyl (C=O) groups excluding carboxylic acids is 1. The number of hydrogen-bond donors (Lipinski definition) is 1. The standard InChI is InChI=1S/C19H21N3O3/c23-19(12-15-14-6-1-2-7-17(14)25-21-15)20-13-16(18-8-5-11-24-18)22-9-3-4-10-22/h1-2,5-8,11,16H,3-4,9-10,12-13H2,(H,20,23). The largest absolute Gasteiger partial charge is 0.468 e. The zero-order chi connectivity index (χ0) is 17.1. The molecule has 0 bridgehead atoms. The van der Waals surface area contributed by atoms with Crippen LogP contribution in [0.2, 0.25) is 0 Å². The van der Waals surface area contributed by atoms with Gasteiger partial charge in [0, 0.05) is 11.9 Å². The average molecular weight is 339 g/mol. The summed E-state index contributed by atoms with van der Waals surface area (Å²) in [6, 6.07) is 11.5. The SMILES string of the molecule is O=C(Cc1noc2ccccc12)NCC(c1ccco1)N1CCCC1. The van der Waals surface area contributed by atoms with Crippen molar-refractivity contribution in [2.45, 2.75) is 25.3 Å². The normalized spacial score (nSPS) is 16.3. The second-order valence-corrected chi connectivity index (χ2v) is 6.38. The van der Waals surface area contributed by atoms with Gasteiger partial charge in [0.15, 0.2) is 5.58 Å². The fourth-order valence-corrected chi connectivity index (χ4v) is 3.43. The van der Waals surface area contributed by atoms with Gasteiger partial charge in [-0.25, -0.2) is 0 Å². The number of para-hydroxylation sites is 1. The lowest BCUT2D eigenvalue weighted by Crippen LogP contribution is -2.37. The second-order valence-electron chi connectivity index (χ2n) is 6.38. The maximum Gasteiger partial charge on any atom is 0.226 e. The molecule has 1 amide bonds. The molecule has 130 valence electrons. The lowest BCUT2D eigenvalue weighted by molar-refractivity contribution is -0.120. The number of likely N-dealkylation sites (tertiary alicyclic amines) is 1. The van der Waals surface area contributed by atoms with Gasteiger partial charge in [0.2, 0.25) is 5.91 Å². The van der Waals surface area contributed by atoms with Gasteiger partial charge in [-0.2, -0.15) is 0 Å². The van der Waals surface area contributed by atoms with Crippen LogP contribution in [0.25, 0.3) is 11.0 Å². The van der Waals surface area contributed by atoms with Gasteiger partial charge in [0.1, 0.15) is 11.5 Å². The minimum atomic E-state index is -0.0604. The van der Waals surface area contributed by atoms with Crippen molar-refractivity contribution < 1.29 is 13.7 Å². The highest BCUT2D eigenvalue weighted by atomic mass is 16.5. The van der Waals surface area contributed by atoms with Gasteiger partial charge >= 0.3 is 0 Å². The highest BCUT2D eigenvalue weighted by molar-refractivity contribution is 5.86. The summed E-state index contributed by atoms with van der Waals surface area (Å²) >= 11 is 0. The maximum atomic E-state index is 12.4. The number of nitrogens with one attached hydrogen (secondary N) is 1. The Labute approximate surface area is 145 Å². The van der Waals surface area contributed by atoms with E-state index < -0.39 is 0 Å². The molecule has 1 atom stereocenters. The molecular weight excluding hydrogens is 318 g/mol. The van der Waals surface area contributed by atoms with Crippen LogP contribution in [0.1, 0.15) is 30.3 Å². The molecule has 0 spiro atoms. The summed E-state index contributed by atoms with van der Waals surface area (Å²) in [5.41, 5.74) is 1.37. The second kappa shape index (κ2) is 7.11. The smallest absolute Gasteiger partial charge is 0.226 e. The lowest BCUT2D eigenvalue weighted by atomic mass is 10.1. The van der Waals surface area contributed by atoms with Gasteiger partial charge in [0.25, 0.3) is 0 Å². The van der Waals surface area contributed by atoms with Crippen molar-refractivity contribution in [1.29, 1.82) is 0 Å². The van der Waals surface area contributed by atoms with Crippen molar-refractivity contribution in [1.82, 2.24) is 15.4 Å². The molecule has 0 aliphatic carbocycles. The molecule has 1 aromatic carbocycles. The highest BCUT2D eigenvalue weighted by Crippen LogP contribution is 2.25. The van der Waals surface area contributed by atoms with Crippen LogP contribution in [0.3, 0.4) is 0 Å². The van der Waals surface area contributed by atoms with Crippen LogP contribution >= 0.6 is 0 Å². The average Bonchev–Trinajstić information content (AvgIpc) is 3.38. The number of hydrogen-bond acceptors (Lipinski definition) is 5. The molecule has 1 aliphatic heterocycles. The third-order valence-corrected chi connectivity index (χ3v) is 4.73. The van der Waals surface area contributed by atoms with Gasteiger partial charge in [-0.05, 0) is 50.2 Å². The van der Waals surface area contributed by atoms with Crippen molar-refractivity contribution >= 4 is 16.9 Å². The van der Waals surface area contributed by atoms with Gasteiger partial charge in [0.05, 0.1) is 18.7 Å². The van der Waals surface area contributed by atoms with Crippen molar-refractivity contribution in [3.05, 3.63) is 54.1 Å². The third kappa shape index (κ3) is 3.44. The van der Waals surface area contributed by atoms with E-state index in [9.17, 15) is 4.79 Å². The minimum Gasteiger partial charge on any atom is -0.468 e. The first-order valence-corrected chi connectivity index (χ1v) is 8.69. The first kappa shape index (κ1) is 15.9. The molecule has 1 N–H and O–H groups in total. The van der Waals surface area contributed by atoms with Crippen molar-refractivity contribution in [2.75, 3.05) is 19.6 Å². The summed E-state index contributed by atoms with van der Waals surface area (Å²) in [4.78, 5) is 14.8. The van der Waals surface area contributed by atoms with Crippen molar-refractivity contribution in [2.24, 2.45) is 0 Å². The molecule has 1 fully saturated rings.